The number of hydrogen-bond donors (Lipinski definition) is 0. The van der Waals surface area contributed by atoms with Crippen molar-refractivity contribution < 1.29 is 9.31 Å². The van der Waals surface area contributed by atoms with E-state index in [-0.39, 0.29) is 17.5 Å². The Morgan fingerprint density at radius 3 is 2.65 bits per heavy atom. The minimum atomic E-state index is -0.828. The van der Waals surface area contributed by atoms with Crippen LogP contribution in [-0.2, 0) is 12.0 Å². The van der Waals surface area contributed by atoms with Gasteiger partial charge in [-0.15, -0.1) is 5.10 Å². The van der Waals surface area contributed by atoms with Gasteiger partial charge in [0.25, 0.3) is 0 Å². The van der Waals surface area contributed by atoms with Crippen LogP contribution in [0.5, 0.6) is 0 Å². The summed E-state index contributed by atoms with van der Waals surface area (Å²) in [5.41, 5.74) is 0.311. The summed E-state index contributed by atoms with van der Waals surface area (Å²) in [5, 5.41) is 18.6. The molecule has 2 rings (SSSR count). The largest absolute Gasteiger partial charge is 0.305 e. The first-order chi connectivity index (χ1) is 9.29. The van der Waals surface area contributed by atoms with Gasteiger partial charge in [0.05, 0.1) is 17.2 Å². The Kier molecular flexibility index (Phi) is 3.52. The van der Waals surface area contributed by atoms with Gasteiger partial charge >= 0.3 is 5.69 Å². The van der Waals surface area contributed by atoms with Crippen molar-refractivity contribution in [2.45, 2.75) is 32.7 Å². The number of halogens is 1. The lowest BCUT2D eigenvalue weighted by atomic mass is 9.93. The maximum Gasteiger partial charge on any atom is 0.305 e. The van der Waals surface area contributed by atoms with Crippen molar-refractivity contribution in [3.05, 3.63) is 51.6 Å². The Bertz CT molecular complexity index is 646. The van der Waals surface area contributed by atoms with Crippen molar-refractivity contribution in [2.75, 3.05) is 0 Å². The van der Waals surface area contributed by atoms with Crippen molar-refractivity contribution >= 4 is 5.69 Å². The molecule has 0 unspecified atom stereocenters. The molecular formula is C13H15FN4O2. The Morgan fingerprint density at radius 2 is 2.10 bits per heavy atom. The molecule has 2 aromatic rings. The van der Waals surface area contributed by atoms with Crippen molar-refractivity contribution in [1.29, 1.82) is 0 Å². The van der Waals surface area contributed by atoms with Crippen molar-refractivity contribution in [2.24, 2.45) is 0 Å². The molecule has 1 heterocycles. The zero-order chi connectivity index (χ0) is 14.9. The molecule has 0 atom stereocenters. The second kappa shape index (κ2) is 4.99. The first-order valence-corrected chi connectivity index (χ1v) is 6.11. The van der Waals surface area contributed by atoms with E-state index in [1.165, 1.54) is 16.8 Å². The van der Waals surface area contributed by atoms with Crippen molar-refractivity contribution in [3.8, 4) is 0 Å². The van der Waals surface area contributed by atoms with Gasteiger partial charge in [-0.3, -0.25) is 10.1 Å². The summed E-state index contributed by atoms with van der Waals surface area (Å²) in [5.74, 6) is -0.828. The van der Waals surface area contributed by atoms with Crippen LogP contribution in [0.15, 0.2) is 24.4 Å². The molecule has 20 heavy (non-hydrogen) atoms. The molecule has 0 bridgehead atoms. The predicted molar refractivity (Wildman–Crippen MR) is 70.9 cm³/mol. The Labute approximate surface area is 115 Å². The van der Waals surface area contributed by atoms with E-state index in [1.807, 2.05) is 20.8 Å². The molecule has 0 saturated heterocycles. The molecular weight excluding hydrogens is 263 g/mol. The van der Waals surface area contributed by atoms with Gasteiger partial charge in [-0.05, 0) is 0 Å². The van der Waals surface area contributed by atoms with E-state index in [4.69, 9.17) is 0 Å². The fourth-order valence-corrected chi connectivity index (χ4v) is 1.72. The molecule has 7 heteroatoms. The van der Waals surface area contributed by atoms with Crippen LogP contribution in [0.1, 0.15) is 32.0 Å². The highest BCUT2D eigenvalue weighted by Gasteiger charge is 2.20. The van der Waals surface area contributed by atoms with Crippen molar-refractivity contribution in [1.82, 2.24) is 15.0 Å². The lowest BCUT2D eigenvalue weighted by Crippen LogP contribution is -2.11. The second-order valence-corrected chi connectivity index (χ2v) is 5.56. The number of aromatic nitrogens is 3. The summed E-state index contributed by atoms with van der Waals surface area (Å²) in [6.07, 6.45) is 1.72. The smallest absolute Gasteiger partial charge is 0.258 e. The third-order valence-corrected chi connectivity index (χ3v) is 2.89. The SMILES string of the molecule is CC(C)(C)c1cn(Cc2cccc([N+](=O)[O-])c2F)nn1. The molecule has 1 aromatic carbocycles. The van der Waals surface area contributed by atoms with Crippen LogP contribution in [0.25, 0.3) is 0 Å². The zero-order valence-electron chi connectivity index (χ0n) is 11.5. The molecule has 0 aliphatic carbocycles. The summed E-state index contributed by atoms with van der Waals surface area (Å²) in [6.45, 7) is 6.09. The third-order valence-electron chi connectivity index (χ3n) is 2.89. The molecule has 0 N–H and O–H groups in total. The van der Waals surface area contributed by atoms with E-state index < -0.39 is 16.4 Å². The van der Waals surface area contributed by atoms with E-state index in [0.29, 0.717) is 0 Å². The fourth-order valence-electron chi connectivity index (χ4n) is 1.72. The lowest BCUT2D eigenvalue weighted by molar-refractivity contribution is -0.387. The molecule has 0 spiro atoms. The maximum absolute atomic E-state index is 13.9. The summed E-state index contributed by atoms with van der Waals surface area (Å²) in [6, 6.07) is 4.10. The number of hydrogen-bond acceptors (Lipinski definition) is 4. The molecule has 0 aliphatic rings. The highest BCUT2D eigenvalue weighted by Crippen LogP contribution is 2.22. The standard InChI is InChI=1S/C13H15FN4O2/c1-13(2,3)11-8-17(16-15-11)7-9-5-4-6-10(12(9)14)18(19)20/h4-6,8H,7H2,1-3H3. The van der Waals surface area contributed by atoms with Crippen LogP contribution in [0, 0.1) is 15.9 Å². The van der Waals surface area contributed by atoms with Crippen LogP contribution >= 0.6 is 0 Å². The molecule has 6 nitrogen and oxygen atoms in total. The second-order valence-electron chi connectivity index (χ2n) is 5.56. The predicted octanol–water partition coefficient (Wildman–Crippen LogP) is 2.67. The maximum atomic E-state index is 13.9. The number of benzene rings is 1. The van der Waals surface area contributed by atoms with E-state index in [9.17, 15) is 14.5 Å². The fraction of sp³-hybridized carbons (Fsp3) is 0.385. The van der Waals surface area contributed by atoms with Gasteiger partial charge in [-0.2, -0.15) is 4.39 Å². The summed E-state index contributed by atoms with van der Waals surface area (Å²) in [4.78, 5) is 9.96. The van der Waals surface area contributed by atoms with E-state index in [1.54, 1.807) is 6.20 Å². The van der Waals surface area contributed by atoms with E-state index in [2.05, 4.69) is 10.3 Å². The molecule has 0 aliphatic heterocycles. The number of nitro benzene ring substituents is 1. The highest BCUT2D eigenvalue weighted by molar-refractivity contribution is 5.36. The monoisotopic (exact) mass is 278 g/mol. The topological polar surface area (TPSA) is 73.8 Å². The summed E-state index contributed by atoms with van der Waals surface area (Å²) in [7, 11) is 0. The lowest BCUT2D eigenvalue weighted by Gasteiger charge is -2.12. The summed E-state index contributed by atoms with van der Waals surface area (Å²) >= 11 is 0. The van der Waals surface area contributed by atoms with Crippen LogP contribution < -0.4 is 0 Å². The minimum absolute atomic E-state index is 0.108. The van der Waals surface area contributed by atoms with Crippen LogP contribution in [0.2, 0.25) is 0 Å². The molecule has 0 saturated carbocycles. The van der Waals surface area contributed by atoms with Gasteiger partial charge in [-0.25, -0.2) is 4.68 Å². The zero-order valence-corrected chi connectivity index (χ0v) is 11.5. The van der Waals surface area contributed by atoms with Gasteiger partial charge < -0.3 is 0 Å². The van der Waals surface area contributed by atoms with E-state index in [0.717, 1.165) is 11.8 Å². The molecule has 0 fully saturated rings. The van der Waals surface area contributed by atoms with Gasteiger partial charge in [0.2, 0.25) is 5.82 Å². The minimum Gasteiger partial charge on any atom is -0.258 e. The quantitative estimate of drug-likeness (QED) is 0.639. The Hall–Kier alpha value is -2.31. The third kappa shape index (κ3) is 2.81. The molecule has 1 aromatic heterocycles. The average Bonchev–Trinajstić information content (AvgIpc) is 2.80. The van der Waals surface area contributed by atoms with Gasteiger partial charge in [0.1, 0.15) is 0 Å². The van der Waals surface area contributed by atoms with Crippen LogP contribution in [-0.4, -0.2) is 19.9 Å². The first kappa shape index (κ1) is 14.1. The average molecular weight is 278 g/mol. The molecule has 0 amide bonds. The van der Waals surface area contributed by atoms with Crippen LogP contribution in [0.3, 0.4) is 0 Å². The number of nitro groups is 1. The van der Waals surface area contributed by atoms with Crippen molar-refractivity contribution in [3.63, 3.8) is 0 Å². The van der Waals surface area contributed by atoms with Gasteiger partial charge in [0.15, 0.2) is 0 Å². The van der Waals surface area contributed by atoms with Crippen LogP contribution in [0.4, 0.5) is 10.1 Å². The number of rotatable bonds is 3. The molecule has 0 radical (unpaired) electrons. The van der Waals surface area contributed by atoms with E-state index >= 15 is 0 Å². The first-order valence-electron chi connectivity index (χ1n) is 6.11. The van der Waals surface area contributed by atoms with Gasteiger partial charge in [0, 0.05) is 23.2 Å². The normalized spacial score (nSPS) is 11.6. The molecule has 106 valence electrons. The highest BCUT2D eigenvalue weighted by atomic mass is 19.1. The number of nitrogens with zero attached hydrogens (tertiary/aromatic N) is 4. The van der Waals surface area contributed by atoms with Gasteiger partial charge in [-0.1, -0.05) is 38.1 Å². The Balaban J connectivity index is 2.29. The Morgan fingerprint density at radius 1 is 1.40 bits per heavy atom. The summed E-state index contributed by atoms with van der Waals surface area (Å²) < 4.78 is 15.4.